The molecule has 1 atom stereocenters. The fraction of sp³-hybridized carbons (Fsp3) is 0.619. The second-order valence-corrected chi connectivity index (χ2v) is 8.06. The molecule has 4 nitrogen and oxygen atoms in total. The first-order valence-electron chi connectivity index (χ1n) is 9.96. The summed E-state index contributed by atoms with van der Waals surface area (Å²) in [4.78, 5) is 29.0. The number of carbonyl (C=O) groups excluding carboxylic acids is 2. The Hall–Kier alpha value is -2.05. The van der Waals surface area contributed by atoms with Gasteiger partial charge >= 0.3 is 6.18 Å². The van der Waals surface area contributed by atoms with Crippen LogP contribution in [0.2, 0.25) is 0 Å². The van der Waals surface area contributed by atoms with Crippen molar-refractivity contribution in [2.75, 3.05) is 26.2 Å². The second-order valence-electron chi connectivity index (χ2n) is 8.06. The lowest BCUT2D eigenvalue weighted by Gasteiger charge is -2.37. The van der Waals surface area contributed by atoms with Gasteiger partial charge in [0, 0.05) is 26.2 Å². The molecule has 0 aliphatic carbocycles. The number of hydrogen-bond acceptors (Lipinski definition) is 2. The normalized spacial score (nSPS) is 21.6. The molecule has 3 rings (SSSR count). The van der Waals surface area contributed by atoms with E-state index in [1.807, 2.05) is 4.90 Å². The maximum absolute atomic E-state index is 12.9. The van der Waals surface area contributed by atoms with Crippen molar-refractivity contribution in [2.24, 2.45) is 11.8 Å². The van der Waals surface area contributed by atoms with Gasteiger partial charge in [0.1, 0.15) is 0 Å². The maximum Gasteiger partial charge on any atom is 0.416 e. The van der Waals surface area contributed by atoms with Gasteiger partial charge in [-0.05, 0) is 43.2 Å². The first-order chi connectivity index (χ1) is 13.2. The summed E-state index contributed by atoms with van der Waals surface area (Å²) in [6.45, 7) is 4.65. The summed E-state index contributed by atoms with van der Waals surface area (Å²) in [5, 5.41) is 0. The minimum absolute atomic E-state index is 0.0773. The molecule has 0 radical (unpaired) electrons. The molecule has 1 aromatic carbocycles. The average molecular weight is 396 g/mol. The number of alkyl halides is 3. The van der Waals surface area contributed by atoms with Crippen molar-refractivity contribution in [3.63, 3.8) is 0 Å². The van der Waals surface area contributed by atoms with Gasteiger partial charge in [0.05, 0.1) is 17.9 Å². The first-order valence-corrected chi connectivity index (χ1v) is 9.96. The molecule has 0 unspecified atom stereocenters. The zero-order chi connectivity index (χ0) is 20.3. The molecule has 2 aliphatic rings. The lowest BCUT2D eigenvalue weighted by molar-refractivity contribution is -0.142. The van der Waals surface area contributed by atoms with E-state index in [1.165, 1.54) is 12.1 Å². The molecule has 2 fully saturated rings. The third kappa shape index (κ3) is 5.06. The van der Waals surface area contributed by atoms with Crippen molar-refractivity contribution in [3.8, 4) is 0 Å². The molecule has 0 spiro atoms. The molecule has 2 heterocycles. The molecule has 2 saturated heterocycles. The second kappa shape index (κ2) is 8.53. The zero-order valence-corrected chi connectivity index (χ0v) is 16.2. The summed E-state index contributed by atoms with van der Waals surface area (Å²) in [5.74, 6) is 0.334. The number of piperidine rings is 2. The molecular weight excluding hydrogens is 369 g/mol. The molecule has 0 saturated carbocycles. The topological polar surface area (TPSA) is 40.6 Å². The number of rotatable bonds is 3. The van der Waals surface area contributed by atoms with Gasteiger partial charge in [0.15, 0.2) is 0 Å². The van der Waals surface area contributed by atoms with Gasteiger partial charge in [-0.3, -0.25) is 9.59 Å². The van der Waals surface area contributed by atoms with Crippen molar-refractivity contribution in [1.82, 2.24) is 9.80 Å². The molecule has 154 valence electrons. The van der Waals surface area contributed by atoms with Crippen LogP contribution in [0, 0.1) is 11.8 Å². The Morgan fingerprint density at radius 2 is 1.79 bits per heavy atom. The Morgan fingerprint density at radius 3 is 2.46 bits per heavy atom. The fourth-order valence-electron chi connectivity index (χ4n) is 4.04. The van der Waals surface area contributed by atoms with Gasteiger partial charge < -0.3 is 9.80 Å². The van der Waals surface area contributed by atoms with E-state index in [9.17, 15) is 22.8 Å². The van der Waals surface area contributed by atoms with Gasteiger partial charge in [0.25, 0.3) is 0 Å². The van der Waals surface area contributed by atoms with Crippen molar-refractivity contribution in [3.05, 3.63) is 35.4 Å². The standard InChI is InChI=1S/C21H27F3N2O2/c1-15-7-10-25(11-8-15)20(28)17-5-3-9-26(14-17)19(27)13-16-4-2-6-18(12-16)21(22,23)24/h2,4,6,12,15,17H,3,5,7-11,13-14H2,1H3/t17-/m0/s1. The summed E-state index contributed by atoms with van der Waals surface area (Å²) in [6.07, 6.45) is -0.972. The summed E-state index contributed by atoms with van der Waals surface area (Å²) in [6, 6.07) is 4.89. The predicted octanol–water partition coefficient (Wildman–Crippen LogP) is 3.75. The summed E-state index contributed by atoms with van der Waals surface area (Å²) >= 11 is 0. The van der Waals surface area contributed by atoms with E-state index in [-0.39, 0.29) is 24.2 Å². The van der Waals surface area contributed by atoms with E-state index in [1.54, 1.807) is 4.90 Å². The number of carbonyl (C=O) groups is 2. The van der Waals surface area contributed by atoms with Crippen LogP contribution in [0.5, 0.6) is 0 Å². The number of likely N-dealkylation sites (tertiary alicyclic amines) is 2. The Balaban J connectivity index is 1.59. The van der Waals surface area contributed by atoms with Crippen LogP contribution in [0.4, 0.5) is 13.2 Å². The minimum Gasteiger partial charge on any atom is -0.342 e. The molecule has 28 heavy (non-hydrogen) atoms. The van der Waals surface area contributed by atoms with Crippen molar-refractivity contribution in [1.29, 1.82) is 0 Å². The smallest absolute Gasteiger partial charge is 0.342 e. The Kier molecular flexibility index (Phi) is 6.30. The van der Waals surface area contributed by atoms with Crippen LogP contribution in [0.25, 0.3) is 0 Å². The van der Waals surface area contributed by atoms with Crippen LogP contribution in [-0.2, 0) is 22.2 Å². The highest BCUT2D eigenvalue weighted by Gasteiger charge is 2.33. The van der Waals surface area contributed by atoms with Crippen LogP contribution in [-0.4, -0.2) is 47.8 Å². The number of halogens is 3. The van der Waals surface area contributed by atoms with E-state index in [2.05, 4.69) is 6.92 Å². The van der Waals surface area contributed by atoms with Crippen LogP contribution in [0.3, 0.4) is 0 Å². The molecular formula is C21H27F3N2O2. The maximum atomic E-state index is 12.9. The van der Waals surface area contributed by atoms with Crippen molar-refractivity contribution < 1.29 is 22.8 Å². The predicted molar refractivity (Wildman–Crippen MR) is 99.4 cm³/mol. The summed E-state index contributed by atoms with van der Waals surface area (Å²) < 4.78 is 38.6. The Labute approximate surface area is 163 Å². The molecule has 0 aromatic heterocycles. The Bertz CT molecular complexity index is 712. The van der Waals surface area contributed by atoms with Crippen LogP contribution < -0.4 is 0 Å². The fourth-order valence-corrected chi connectivity index (χ4v) is 4.04. The Morgan fingerprint density at radius 1 is 1.07 bits per heavy atom. The van der Waals surface area contributed by atoms with E-state index < -0.39 is 11.7 Å². The van der Waals surface area contributed by atoms with E-state index >= 15 is 0 Å². The first kappa shape index (κ1) is 20.7. The van der Waals surface area contributed by atoms with E-state index in [0.717, 1.165) is 50.9 Å². The highest BCUT2D eigenvalue weighted by atomic mass is 19.4. The van der Waals surface area contributed by atoms with Gasteiger partial charge in [-0.15, -0.1) is 0 Å². The van der Waals surface area contributed by atoms with Gasteiger partial charge in [-0.25, -0.2) is 0 Å². The number of amides is 2. The average Bonchev–Trinajstić information content (AvgIpc) is 2.67. The van der Waals surface area contributed by atoms with E-state index in [4.69, 9.17) is 0 Å². The van der Waals surface area contributed by atoms with E-state index in [0.29, 0.717) is 24.6 Å². The van der Waals surface area contributed by atoms with Crippen molar-refractivity contribution >= 4 is 11.8 Å². The quantitative estimate of drug-likeness (QED) is 0.781. The molecule has 7 heteroatoms. The largest absolute Gasteiger partial charge is 0.416 e. The molecule has 2 aliphatic heterocycles. The van der Waals surface area contributed by atoms with Crippen LogP contribution in [0.15, 0.2) is 24.3 Å². The van der Waals surface area contributed by atoms with Gasteiger partial charge in [-0.1, -0.05) is 25.1 Å². The zero-order valence-electron chi connectivity index (χ0n) is 16.2. The molecule has 0 N–H and O–H groups in total. The minimum atomic E-state index is -4.42. The lowest BCUT2D eigenvalue weighted by atomic mass is 9.93. The molecule has 1 aromatic rings. The van der Waals surface area contributed by atoms with Crippen LogP contribution >= 0.6 is 0 Å². The third-order valence-electron chi connectivity index (χ3n) is 5.83. The number of nitrogens with zero attached hydrogens (tertiary/aromatic N) is 2. The third-order valence-corrected chi connectivity index (χ3v) is 5.83. The molecule has 2 amide bonds. The monoisotopic (exact) mass is 396 g/mol. The number of hydrogen-bond donors (Lipinski definition) is 0. The molecule has 0 bridgehead atoms. The van der Waals surface area contributed by atoms with Crippen molar-refractivity contribution in [2.45, 2.75) is 45.2 Å². The highest BCUT2D eigenvalue weighted by molar-refractivity contribution is 5.82. The summed E-state index contributed by atoms with van der Waals surface area (Å²) in [7, 11) is 0. The summed E-state index contributed by atoms with van der Waals surface area (Å²) in [5.41, 5.74) is -0.401. The lowest BCUT2D eigenvalue weighted by Crippen LogP contribution is -2.48. The number of benzene rings is 1. The van der Waals surface area contributed by atoms with Gasteiger partial charge in [0.2, 0.25) is 11.8 Å². The van der Waals surface area contributed by atoms with Crippen LogP contribution in [0.1, 0.15) is 43.7 Å². The highest BCUT2D eigenvalue weighted by Crippen LogP contribution is 2.30. The van der Waals surface area contributed by atoms with Gasteiger partial charge in [-0.2, -0.15) is 13.2 Å². The SMILES string of the molecule is CC1CCN(C(=O)[C@H]2CCCN(C(=O)Cc3cccc(C(F)(F)F)c3)C2)CC1.